The number of carbonyl (C=O) groups is 1. The van der Waals surface area contributed by atoms with E-state index in [0.29, 0.717) is 0 Å². The van der Waals surface area contributed by atoms with Crippen molar-refractivity contribution in [3.8, 4) is 0 Å². The summed E-state index contributed by atoms with van der Waals surface area (Å²) in [5, 5.41) is 8.41. The number of carbonyl (C=O) groups excluding carboxylic acids is 1. The summed E-state index contributed by atoms with van der Waals surface area (Å²) in [7, 11) is 1.14. The Kier molecular flexibility index (Phi) is 4.03. The van der Waals surface area contributed by atoms with Crippen LogP contribution in [0, 0.1) is 5.82 Å². The van der Waals surface area contributed by atoms with Gasteiger partial charge in [0.25, 0.3) is 0 Å². The highest BCUT2D eigenvalue weighted by Gasteiger charge is 2.21. The van der Waals surface area contributed by atoms with Gasteiger partial charge in [-0.25, -0.2) is 14.2 Å². The number of aliphatic hydroxyl groups is 1. The van der Waals surface area contributed by atoms with Crippen molar-refractivity contribution in [2.45, 2.75) is 6.42 Å². The summed E-state index contributed by atoms with van der Waals surface area (Å²) in [5.74, 6) is -1.64. The van der Waals surface area contributed by atoms with Crippen LogP contribution in [-0.4, -0.2) is 29.8 Å². The third-order valence-corrected chi connectivity index (χ3v) is 2.29. The molecule has 1 aromatic heterocycles. The Morgan fingerprint density at radius 2 is 2.31 bits per heavy atom. The lowest BCUT2D eigenvalue weighted by atomic mass is 10.2. The van der Waals surface area contributed by atoms with E-state index in [4.69, 9.17) is 22.4 Å². The molecule has 0 unspecified atom stereocenters. The fourth-order valence-corrected chi connectivity index (χ4v) is 1.32. The highest BCUT2D eigenvalue weighted by molar-refractivity contribution is 6.35. The highest BCUT2D eigenvalue weighted by Crippen LogP contribution is 2.27. The molecule has 0 aliphatic heterocycles. The van der Waals surface area contributed by atoms with Gasteiger partial charge in [-0.05, 0) is 0 Å². The van der Waals surface area contributed by atoms with E-state index in [-0.39, 0.29) is 35.1 Å². The van der Waals surface area contributed by atoms with Crippen molar-refractivity contribution in [3.05, 3.63) is 22.2 Å². The summed E-state index contributed by atoms with van der Waals surface area (Å²) >= 11 is 5.65. The van der Waals surface area contributed by atoms with Gasteiger partial charge in [-0.1, -0.05) is 11.6 Å². The minimum atomic E-state index is -0.827. The van der Waals surface area contributed by atoms with Crippen molar-refractivity contribution in [2.24, 2.45) is 0 Å². The molecule has 1 rings (SSSR count). The van der Waals surface area contributed by atoms with Crippen LogP contribution in [0.4, 0.5) is 10.1 Å². The second-order valence-corrected chi connectivity index (χ2v) is 3.29. The fraction of sp³-hybridized carbons (Fsp3) is 0.333. The Labute approximate surface area is 96.0 Å². The molecule has 0 aliphatic carbocycles. The maximum absolute atomic E-state index is 13.5. The molecule has 1 aromatic rings. The van der Waals surface area contributed by atoms with Crippen LogP contribution >= 0.6 is 11.6 Å². The number of pyridine rings is 1. The molecule has 0 radical (unpaired) electrons. The van der Waals surface area contributed by atoms with Gasteiger partial charge < -0.3 is 15.6 Å². The number of nitrogens with two attached hydrogens (primary N) is 1. The van der Waals surface area contributed by atoms with Crippen LogP contribution in [0.25, 0.3) is 0 Å². The normalized spacial score (nSPS) is 10.2. The maximum Gasteiger partial charge on any atom is 0.358 e. The summed E-state index contributed by atoms with van der Waals surface area (Å²) < 4.78 is 17.9. The number of methoxy groups -OCH3 is 1. The van der Waals surface area contributed by atoms with Gasteiger partial charge in [-0.3, -0.25) is 0 Å². The molecule has 0 atom stereocenters. The Morgan fingerprint density at radius 3 is 2.81 bits per heavy atom. The molecule has 0 saturated carbocycles. The first-order chi connectivity index (χ1) is 7.52. The first-order valence-corrected chi connectivity index (χ1v) is 4.73. The number of nitrogens with zero attached hydrogens (tertiary/aromatic N) is 1. The molecule has 0 aliphatic rings. The van der Waals surface area contributed by atoms with Crippen LogP contribution in [0.1, 0.15) is 16.2 Å². The van der Waals surface area contributed by atoms with Crippen LogP contribution in [0.3, 0.4) is 0 Å². The van der Waals surface area contributed by atoms with Crippen molar-refractivity contribution in [1.29, 1.82) is 0 Å². The molecule has 7 heteroatoms. The summed E-state index contributed by atoms with van der Waals surface area (Å²) in [4.78, 5) is 14.9. The van der Waals surface area contributed by atoms with E-state index in [0.717, 1.165) is 7.11 Å². The largest absolute Gasteiger partial charge is 0.464 e. The minimum Gasteiger partial charge on any atom is -0.464 e. The first kappa shape index (κ1) is 12.7. The van der Waals surface area contributed by atoms with Crippen LogP contribution in [0.5, 0.6) is 0 Å². The number of hydrogen-bond acceptors (Lipinski definition) is 5. The van der Waals surface area contributed by atoms with E-state index >= 15 is 0 Å². The Morgan fingerprint density at radius 1 is 1.69 bits per heavy atom. The number of aliphatic hydroxyl groups excluding tert-OH is 1. The Balaban J connectivity index is 3.35. The predicted octanol–water partition coefficient (Wildman–Crippen LogP) is 0.778. The number of ether oxygens (including phenoxy) is 1. The smallest absolute Gasteiger partial charge is 0.358 e. The van der Waals surface area contributed by atoms with E-state index in [9.17, 15) is 9.18 Å². The fourth-order valence-electron chi connectivity index (χ4n) is 1.12. The van der Waals surface area contributed by atoms with E-state index in [2.05, 4.69) is 9.72 Å². The number of hydrogen-bond donors (Lipinski definition) is 2. The zero-order valence-electron chi connectivity index (χ0n) is 8.46. The molecule has 88 valence electrons. The standard InChI is InChI=1S/C9H10ClFN2O3/c1-16-9(15)8-5(10)7(12)6(11)4(13-8)2-3-14/h14H,2-3H2,1H3,(H2,12,13). The van der Waals surface area contributed by atoms with Gasteiger partial charge in [-0.15, -0.1) is 0 Å². The van der Waals surface area contributed by atoms with Gasteiger partial charge in [-0.2, -0.15) is 0 Å². The summed E-state index contributed by atoms with van der Waals surface area (Å²) in [6.07, 6.45) is -0.0583. The van der Waals surface area contributed by atoms with Gasteiger partial charge >= 0.3 is 5.97 Å². The van der Waals surface area contributed by atoms with E-state index < -0.39 is 11.8 Å². The molecule has 0 bridgehead atoms. The summed E-state index contributed by atoms with van der Waals surface area (Å²) in [6, 6.07) is 0. The molecule has 5 nitrogen and oxygen atoms in total. The molecular formula is C9H10ClFN2O3. The van der Waals surface area contributed by atoms with Crippen molar-refractivity contribution >= 4 is 23.3 Å². The van der Waals surface area contributed by atoms with Crippen LogP contribution in [0.2, 0.25) is 5.02 Å². The van der Waals surface area contributed by atoms with E-state index in [1.54, 1.807) is 0 Å². The van der Waals surface area contributed by atoms with E-state index in [1.807, 2.05) is 0 Å². The highest BCUT2D eigenvalue weighted by atomic mass is 35.5. The predicted molar refractivity (Wildman–Crippen MR) is 55.7 cm³/mol. The number of anilines is 1. The van der Waals surface area contributed by atoms with Crippen molar-refractivity contribution in [1.82, 2.24) is 4.98 Å². The Bertz CT molecular complexity index is 426. The molecule has 0 spiro atoms. The number of aromatic nitrogens is 1. The first-order valence-electron chi connectivity index (χ1n) is 4.35. The van der Waals surface area contributed by atoms with Gasteiger partial charge in [0.1, 0.15) is 0 Å². The maximum atomic E-state index is 13.5. The number of halogens is 2. The monoisotopic (exact) mass is 248 g/mol. The van der Waals surface area contributed by atoms with Gasteiger partial charge in [0.2, 0.25) is 0 Å². The lowest BCUT2D eigenvalue weighted by molar-refractivity contribution is 0.0593. The molecular weight excluding hydrogens is 239 g/mol. The quantitative estimate of drug-likeness (QED) is 0.772. The van der Waals surface area contributed by atoms with Crippen molar-refractivity contribution in [3.63, 3.8) is 0 Å². The number of rotatable bonds is 3. The second kappa shape index (κ2) is 5.09. The third-order valence-electron chi connectivity index (χ3n) is 1.91. The molecule has 0 fully saturated rings. The second-order valence-electron chi connectivity index (χ2n) is 2.91. The number of nitrogen functional groups attached to an aromatic ring is 1. The van der Waals surface area contributed by atoms with Gasteiger partial charge in [0, 0.05) is 13.0 Å². The average Bonchev–Trinajstić information content (AvgIpc) is 2.29. The molecule has 3 N–H and O–H groups in total. The van der Waals surface area contributed by atoms with Crippen LogP contribution in [0.15, 0.2) is 0 Å². The Hall–Kier alpha value is -1.40. The van der Waals surface area contributed by atoms with Crippen molar-refractivity contribution in [2.75, 3.05) is 19.5 Å². The van der Waals surface area contributed by atoms with Gasteiger partial charge in [0.05, 0.1) is 23.5 Å². The third kappa shape index (κ3) is 2.23. The summed E-state index contributed by atoms with van der Waals surface area (Å²) in [5.41, 5.74) is 4.62. The molecule has 1 heterocycles. The zero-order chi connectivity index (χ0) is 12.3. The van der Waals surface area contributed by atoms with Crippen LogP contribution < -0.4 is 5.73 Å². The zero-order valence-corrected chi connectivity index (χ0v) is 9.21. The lowest BCUT2D eigenvalue weighted by Gasteiger charge is -2.09. The SMILES string of the molecule is COC(=O)c1nc(CCO)c(F)c(N)c1Cl. The lowest BCUT2D eigenvalue weighted by Crippen LogP contribution is -2.12. The van der Waals surface area contributed by atoms with E-state index in [1.165, 1.54) is 0 Å². The topological polar surface area (TPSA) is 85.4 Å². The molecule has 0 aromatic carbocycles. The van der Waals surface area contributed by atoms with Crippen LogP contribution in [-0.2, 0) is 11.2 Å². The minimum absolute atomic E-state index is 0.0583. The number of esters is 1. The summed E-state index contributed by atoms with van der Waals surface area (Å²) in [6.45, 7) is -0.314. The van der Waals surface area contributed by atoms with Crippen molar-refractivity contribution < 1.29 is 19.0 Å². The average molecular weight is 249 g/mol. The molecule has 0 saturated heterocycles. The molecule has 0 amide bonds. The van der Waals surface area contributed by atoms with Gasteiger partial charge in [0.15, 0.2) is 11.5 Å². The molecule has 16 heavy (non-hydrogen) atoms.